The van der Waals surface area contributed by atoms with Gasteiger partial charge in [-0.1, -0.05) is 26.7 Å². The zero-order chi connectivity index (χ0) is 30.6. The quantitative estimate of drug-likeness (QED) is 0.182. The van der Waals surface area contributed by atoms with Crippen LogP contribution in [0.25, 0.3) is 11.0 Å². The van der Waals surface area contributed by atoms with Crippen LogP contribution in [0.3, 0.4) is 0 Å². The zero-order valence-corrected chi connectivity index (χ0v) is 22.3. The van der Waals surface area contributed by atoms with Gasteiger partial charge in [-0.25, -0.2) is 8.42 Å². The fourth-order valence-electron chi connectivity index (χ4n) is 3.49. The summed E-state index contributed by atoms with van der Waals surface area (Å²) in [5, 5.41) is 2.87. The van der Waals surface area contributed by atoms with Crippen molar-refractivity contribution in [3.05, 3.63) is 59.4 Å². The molecule has 0 spiro atoms. The first-order valence-corrected chi connectivity index (χ1v) is 13.5. The number of rotatable bonds is 15. The molecular weight excluding hydrogens is 500 g/mol. The maximum Gasteiger partial charge on any atom is 0.229 e. The second-order valence-electron chi connectivity index (χ2n) is 8.18. The number of hydrogen-bond acceptors (Lipinski definition) is 6. The molecule has 36 heavy (non-hydrogen) atoms. The molecule has 1 aromatic heterocycles. The molecule has 0 saturated carbocycles. The number of hydrogen-bond donors (Lipinski definition) is 2. The Labute approximate surface area is 228 Å². The average Bonchev–Trinajstić information content (AvgIpc) is 3.23. The van der Waals surface area contributed by atoms with Gasteiger partial charge in [-0.05, 0) is 74.7 Å². The summed E-state index contributed by atoms with van der Waals surface area (Å²) >= 11 is 0. The van der Waals surface area contributed by atoms with Crippen LogP contribution < -0.4 is 14.8 Å². The van der Waals surface area contributed by atoms with Crippen LogP contribution >= 0.6 is 12.4 Å². The van der Waals surface area contributed by atoms with Crippen LogP contribution in [0, 0.1) is 0 Å². The number of ether oxygens (including phenoxy) is 1. The van der Waals surface area contributed by atoms with Crippen molar-refractivity contribution in [2.75, 3.05) is 30.6 Å². The molecule has 9 heteroatoms. The smallest absolute Gasteiger partial charge is 0.229 e. The Morgan fingerprint density at radius 2 is 1.81 bits per heavy atom. The van der Waals surface area contributed by atoms with Gasteiger partial charge in [0.1, 0.15) is 17.1 Å². The Bertz CT molecular complexity index is 1480. The topological polar surface area (TPSA) is 97.6 Å². The summed E-state index contributed by atoms with van der Waals surface area (Å²) in [5.74, 6) is -0.0265. The molecule has 0 amide bonds. The van der Waals surface area contributed by atoms with Crippen LogP contribution in [-0.4, -0.2) is 40.1 Å². The number of nitrogens with one attached hydrogen (secondary N) is 2. The highest BCUT2D eigenvalue weighted by Gasteiger charge is 2.22. The van der Waals surface area contributed by atoms with Crippen molar-refractivity contribution in [3.63, 3.8) is 0 Å². The van der Waals surface area contributed by atoms with Gasteiger partial charge in [-0.15, -0.1) is 12.4 Å². The number of fused-ring (bicyclic) bond motifs is 1. The second-order valence-corrected chi connectivity index (χ2v) is 9.93. The lowest BCUT2D eigenvalue weighted by Gasteiger charge is -2.08. The van der Waals surface area contributed by atoms with Gasteiger partial charge < -0.3 is 14.5 Å². The minimum Gasteiger partial charge on any atom is -0.494 e. The molecular formula is C27H37ClN2O5S. The van der Waals surface area contributed by atoms with Crippen LogP contribution in [0.4, 0.5) is 5.69 Å². The Morgan fingerprint density at radius 1 is 1.08 bits per heavy atom. The summed E-state index contributed by atoms with van der Waals surface area (Å²) in [4.78, 5) is 13.7. The van der Waals surface area contributed by atoms with Gasteiger partial charge in [0.2, 0.25) is 10.0 Å². The number of unbranched alkanes of at least 4 members (excludes halogenated alkanes) is 2. The molecule has 0 saturated heterocycles. The minimum absolute atomic E-state index is 0. The SMILES string of the molecule is Cl.[2H]C([2H])(NCCCC)C([2H])([2H])C([2H])([2H])Oc1ccc(C(=O)c2c(CCCC)oc3ccc(NS(C)(=O)=O)cc23)cc1. The van der Waals surface area contributed by atoms with E-state index in [1.54, 1.807) is 18.2 Å². The summed E-state index contributed by atoms with van der Waals surface area (Å²) in [6.07, 6.45) is 1.43. The Kier molecular flexibility index (Phi) is 8.52. The lowest BCUT2D eigenvalue weighted by atomic mass is 9.98. The summed E-state index contributed by atoms with van der Waals surface area (Å²) in [7, 11) is -3.55. The molecule has 0 unspecified atom stereocenters. The number of sulfonamides is 1. The molecule has 0 aliphatic carbocycles. The largest absolute Gasteiger partial charge is 0.494 e. The molecule has 2 N–H and O–H groups in total. The Balaban J connectivity index is 0.00000616. The average molecular weight is 543 g/mol. The minimum atomic E-state index is -3.55. The van der Waals surface area contributed by atoms with Gasteiger partial charge >= 0.3 is 0 Å². The lowest BCUT2D eigenvalue weighted by Crippen LogP contribution is -2.18. The molecule has 0 atom stereocenters. The first kappa shape index (κ1) is 21.5. The van der Waals surface area contributed by atoms with E-state index in [2.05, 4.69) is 10.0 Å². The van der Waals surface area contributed by atoms with E-state index in [0.29, 0.717) is 29.6 Å². The van der Waals surface area contributed by atoms with Gasteiger partial charge in [-0.3, -0.25) is 9.52 Å². The van der Waals surface area contributed by atoms with E-state index in [-0.39, 0.29) is 41.5 Å². The highest BCUT2D eigenvalue weighted by Crippen LogP contribution is 2.32. The number of ketones is 1. The standard InChI is InChI=1S/C27H36N2O5S.ClH/c1-4-6-9-25-26(23-19-21(29-35(3,31)32)12-15-24(23)34-25)27(30)20-10-13-22(14-11-20)33-18-8-17-28-16-7-5-2;/h10-15,19,28-29H,4-9,16-18H2,1-3H3;1H/i8D2,17D2,18D2;. The first-order valence-electron chi connectivity index (χ1n) is 14.6. The summed E-state index contributed by atoms with van der Waals surface area (Å²) in [5.41, 5.74) is 1.22. The molecule has 3 rings (SSSR count). The van der Waals surface area contributed by atoms with Crippen LogP contribution in [0.15, 0.2) is 46.9 Å². The van der Waals surface area contributed by atoms with E-state index in [9.17, 15) is 13.2 Å². The molecule has 0 aliphatic rings. The Hall–Kier alpha value is -2.55. The van der Waals surface area contributed by atoms with Crippen molar-refractivity contribution in [2.24, 2.45) is 0 Å². The third-order valence-electron chi connectivity index (χ3n) is 5.19. The number of anilines is 1. The van der Waals surface area contributed by atoms with Crippen molar-refractivity contribution in [1.82, 2.24) is 5.32 Å². The molecule has 1 heterocycles. The fraction of sp³-hybridized carbons (Fsp3) is 0.444. The van der Waals surface area contributed by atoms with Crippen molar-refractivity contribution >= 4 is 44.9 Å². The monoisotopic (exact) mass is 542 g/mol. The van der Waals surface area contributed by atoms with Gasteiger partial charge in [0, 0.05) is 28.5 Å². The zero-order valence-electron chi connectivity index (χ0n) is 26.6. The predicted molar refractivity (Wildman–Crippen MR) is 148 cm³/mol. The molecule has 7 nitrogen and oxygen atoms in total. The van der Waals surface area contributed by atoms with E-state index in [0.717, 1.165) is 25.5 Å². The highest BCUT2D eigenvalue weighted by atomic mass is 35.5. The van der Waals surface area contributed by atoms with Crippen molar-refractivity contribution in [2.45, 2.75) is 52.3 Å². The second kappa shape index (κ2) is 14.3. The third-order valence-corrected chi connectivity index (χ3v) is 5.80. The van der Waals surface area contributed by atoms with E-state index < -0.39 is 35.2 Å². The number of furan rings is 1. The first-order chi connectivity index (χ1) is 19.0. The molecule has 0 aliphatic heterocycles. The number of aryl methyl sites for hydroxylation is 1. The number of carbonyl (C=O) groups excluding carboxylic acids is 1. The van der Waals surface area contributed by atoms with Gasteiger partial charge in [0.25, 0.3) is 0 Å². The van der Waals surface area contributed by atoms with E-state index in [4.69, 9.17) is 17.4 Å². The molecule has 0 radical (unpaired) electrons. The molecule has 198 valence electrons. The lowest BCUT2D eigenvalue weighted by molar-refractivity contribution is 0.103. The summed E-state index contributed by atoms with van der Waals surface area (Å²) < 4.78 is 86.0. The van der Waals surface area contributed by atoms with Crippen LogP contribution in [0.2, 0.25) is 0 Å². The van der Waals surface area contributed by atoms with Crippen molar-refractivity contribution in [1.29, 1.82) is 0 Å². The molecule has 0 fully saturated rings. The van der Waals surface area contributed by atoms with Gasteiger partial charge in [-0.2, -0.15) is 0 Å². The van der Waals surface area contributed by atoms with E-state index in [1.165, 1.54) is 24.3 Å². The van der Waals surface area contributed by atoms with Gasteiger partial charge in [0.15, 0.2) is 5.78 Å². The molecule has 3 aromatic rings. The van der Waals surface area contributed by atoms with Crippen molar-refractivity contribution in [3.8, 4) is 5.75 Å². The normalized spacial score (nSPS) is 15.0. The number of halogens is 1. The van der Waals surface area contributed by atoms with Crippen LogP contribution in [0.1, 0.15) is 75.8 Å². The van der Waals surface area contributed by atoms with Crippen LogP contribution in [0.5, 0.6) is 5.75 Å². The fourth-order valence-corrected chi connectivity index (χ4v) is 4.04. The van der Waals surface area contributed by atoms with Crippen molar-refractivity contribution < 1.29 is 30.6 Å². The number of carbonyl (C=O) groups is 1. The highest BCUT2D eigenvalue weighted by molar-refractivity contribution is 7.92. The van der Waals surface area contributed by atoms with Gasteiger partial charge in [0.05, 0.1) is 21.1 Å². The van der Waals surface area contributed by atoms with E-state index in [1.807, 2.05) is 13.8 Å². The maximum absolute atomic E-state index is 13.7. The van der Waals surface area contributed by atoms with Crippen LogP contribution in [-0.2, 0) is 16.4 Å². The Morgan fingerprint density at radius 3 is 2.47 bits per heavy atom. The number of benzene rings is 2. The van der Waals surface area contributed by atoms with E-state index >= 15 is 0 Å². The predicted octanol–water partition coefficient (Wildman–Crippen LogP) is 5.96. The summed E-state index contributed by atoms with van der Waals surface area (Å²) in [6, 6.07) is 10.1. The third kappa shape index (κ3) is 8.54. The molecule has 0 bridgehead atoms. The molecule has 2 aromatic carbocycles. The summed E-state index contributed by atoms with van der Waals surface area (Å²) in [6.45, 7) is -1.70. The maximum atomic E-state index is 13.7.